The molecule has 4 aromatic heterocycles. The monoisotopic (exact) mass is 530 g/mol. The molecule has 10 heteroatoms. The zero-order chi connectivity index (χ0) is 23.4. The lowest BCUT2D eigenvalue weighted by Crippen LogP contribution is -1.81. The summed E-state index contributed by atoms with van der Waals surface area (Å²) in [6, 6.07) is 14.3. The third-order valence-electron chi connectivity index (χ3n) is 4.90. The SMILES string of the molecule is Fc1cc(F)cc(-c2ccc(-c3nc4sc(-c5ccc(-c6cc(F)cc(F)c6)s5)nc4s3)s2)c1. The van der Waals surface area contributed by atoms with E-state index < -0.39 is 23.3 Å². The molecule has 0 aliphatic heterocycles. The number of rotatable bonds is 4. The summed E-state index contributed by atoms with van der Waals surface area (Å²) in [4.78, 5) is 14.3. The van der Waals surface area contributed by atoms with Crippen LogP contribution >= 0.6 is 45.3 Å². The molecule has 0 aliphatic carbocycles. The van der Waals surface area contributed by atoms with Gasteiger partial charge in [-0.25, -0.2) is 27.5 Å². The summed E-state index contributed by atoms with van der Waals surface area (Å²) in [6.07, 6.45) is 0. The number of thiazole rings is 2. The van der Waals surface area contributed by atoms with Gasteiger partial charge in [-0.05, 0) is 59.7 Å². The first-order chi connectivity index (χ1) is 16.4. The molecule has 0 unspecified atom stereocenters. The topological polar surface area (TPSA) is 25.8 Å². The van der Waals surface area contributed by atoms with Crippen molar-refractivity contribution in [3.8, 4) is 40.7 Å². The Hall–Kier alpha value is -2.92. The summed E-state index contributed by atoms with van der Waals surface area (Å²) < 4.78 is 54.3. The fourth-order valence-corrected chi connectivity index (χ4v) is 7.60. The van der Waals surface area contributed by atoms with Crippen molar-refractivity contribution in [2.75, 3.05) is 0 Å². The van der Waals surface area contributed by atoms with Gasteiger partial charge in [-0.2, -0.15) is 0 Å². The second-order valence-electron chi connectivity index (χ2n) is 7.29. The molecule has 0 saturated carbocycles. The second kappa shape index (κ2) is 8.38. The van der Waals surface area contributed by atoms with Gasteiger partial charge in [-0.3, -0.25) is 0 Å². The van der Waals surface area contributed by atoms with Crippen molar-refractivity contribution in [3.63, 3.8) is 0 Å². The molecule has 0 bridgehead atoms. The fraction of sp³-hybridized carbons (Fsp3) is 0. The fourth-order valence-electron chi connectivity index (χ4n) is 3.46. The van der Waals surface area contributed by atoms with Gasteiger partial charge in [-0.1, -0.05) is 22.7 Å². The van der Waals surface area contributed by atoms with E-state index in [1.165, 1.54) is 69.6 Å². The summed E-state index contributed by atoms with van der Waals surface area (Å²) in [7, 11) is 0. The average molecular weight is 531 g/mol. The molecule has 0 atom stereocenters. The standard InChI is InChI=1S/C24H10F4N2S4/c25-13-5-11(6-14(26)9-13)17-1-3-19(31-17)21-29-23-24(33-21)30-22(34-23)20-4-2-18(32-20)12-7-15(27)10-16(28)8-12/h1-10H. The quantitative estimate of drug-likeness (QED) is 0.212. The predicted molar refractivity (Wildman–Crippen MR) is 133 cm³/mol. The van der Waals surface area contributed by atoms with Crippen LogP contribution in [0.3, 0.4) is 0 Å². The van der Waals surface area contributed by atoms with Crippen LogP contribution in [0.25, 0.3) is 50.3 Å². The van der Waals surface area contributed by atoms with Crippen LogP contribution in [-0.2, 0) is 0 Å². The molecule has 0 aliphatic rings. The molecule has 2 aromatic carbocycles. The molecule has 6 aromatic rings. The normalized spacial score (nSPS) is 11.5. The zero-order valence-corrected chi connectivity index (χ0v) is 20.1. The Bertz CT molecular complexity index is 1490. The first kappa shape index (κ1) is 21.6. The van der Waals surface area contributed by atoms with Gasteiger partial charge in [0.15, 0.2) is 9.66 Å². The summed E-state index contributed by atoms with van der Waals surface area (Å²) in [5.74, 6) is -2.46. The molecule has 2 nitrogen and oxygen atoms in total. The van der Waals surface area contributed by atoms with E-state index in [1.807, 2.05) is 24.3 Å². The molecule has 0 amide bonds. The van der Waals surface area contributed by atoms with Crippen molar-refractivity contribution in [2.24, 2.45) is 0 Å². The smallest absolute Gasteiger partial charge is 0.155 e. The van der Waals surface area contributed by atoms with Crippen molar-refractivity contribution in [1.29, 1.82) is 0 Å². The number of aromatic nitrogens is 2. The molecule has 0 radical (unpaired) electrons. The Morgan fingerprint density at radius 2 is 0.794 bits per heavy atom. The minimum absolute atomic E-state index is 0.485. The number of hydrogen-bond acceptors (Lipinski definition) is 6. The molecule has 4 heterocycles. The van der Waals surface area contributed by atoms with Crippen molar-refractivity contribution in [3.05, 3.63) is 83.9 Å². The molecule has 34 heavy (non-hydrogen) atoms. The van der Waals surface area contributed by atoms with E-state index in [2.05, 4.69) is 0 Å². The average Bonchev–Trinajstić information content (AvgIpc) is 3.54. The largest absolute Gasteiger partial charge is 0.222 e. The van der Waals surface area contributed by atoms with E-state index in [4.69, 9.17) is 9.97 Å². The Morgan fingerprint density at radius 3 is 1.18 bits per heavy atom. The van der Waals surface area contributed by atoms with Crippen LogP contribution in [0, 0.1) is 23.3 Å². The Balaban J connectivity index is 1.29. The highest BCUT2D eigenvalue weighted by Crippen LogP contribution is 2.43. The molecule has 6 rings (SSSR count). The van der Waals surface area contributed by atoms with Gasteiger partial charge in [0.2, 0.25) is 0 Å². The van der Waals surface area contributed by atoms with Crippen LogP contribution in [0.1, 0.15) is 0 Å². The minimum atomic E-state index is -0.615. The number of hydrogen-bond donors (Lipinski definition) is 0. The highest BCUT2D eigenvalue weighted by atomic mass is 32.1. The van der Waals surface area contributed by atoms with Crippen molar-refractivity contribution >= 4 is 55.0 Å². The van der Waals surface area contributed by atoms with Crippen LogP contribution in [0.2, 0.25) is 0 Å². The maximum atomic E-state index is 13.6. The van der Waals surface area contributed by atoms with Gasteiger partial charge >= 0.3 is 0 Å². The van der Waals surface area contributed by atoms with Crippen LogP contribution in [-0.4, -0.2) is 9.97 Å². The van der Waals surface area contributed by atoms with Crippen LogP contribution in [0.15, 0.2) is 60.7 Å². The Morgan fingerprint density at radius 1 is 0.441 bits per heavy atom. The summed E-state index contributed by atoms with van der Waals surface area (Å²) in [5, 5.41) is 1.58. The lowest BCUT2D eigenvalue weighted by atomic mass is 10.2. The molecule has 0 saturated heterocycles. The number of halogens is 4. The van der Waals surface area contributed by atoms with Gasteiger partial charge in [0.25, 0.3) is 0 Å². The van der Waals surface area contributed by atoms with E-state index in [0.717, 1.165) is 51.3 Å². The molecular weight excluding hydrogens is 521 g/mol. The first-order valence-electron chi connectivity index (χ1n) is 9.82. The van der Waals surface area contributed by atoms with Crippen LogP contribution in [0.5, 0.6) is 0 Å². The molecule has 0 N–H and O–H groups in total. The summed E-state index contributed by atoms with van der Waals surface area (Å²) in [6.45, 7) is 0. The van der Waals surface area contributed by atoms with Crippen molar-refractivity contribution < 1.29 is 17.6 Å². The summed E-state index contributed by atoms with van der Waals surface area (Å²) in [5.41, 5.74) is 0.971. The third-order valence-corrected chi connectivity index (χ3v) is 9.54. The first-order valence-corrected chi connectivity index (χ1v) is 13.1. The Kier molecular flexibility index (Phi) is 5.33. The second-order valence-corrected chi connectivity index (χ2v) is 11.4. The van der Waals surface area contributed by atoms with Gasteiger partial charge in [-0.15, -0.1) is 22.7 Å². The number of nitrogens with zero attached hydrogens (tertiary/aromatic N) is 2. The molecule has 0 spiro atoms. The van der Waals surface area contributed by atoms with Crippen molar-refractivity contribution in [2.45, 2.75) is 0 Å². The molecule has 168 valence electrons. The van der Waals surface area contributed by atoms with E-state index in [1.54, 1.807) is 0 Å². The maximum Gasteiger partial charge on any atom is 0.155 e. The summed E-state index contributed by atoms with van der Waals surface area (Å²) >= 11 is 5.71. The van der Waals surface area contributed by atoms with Crippen molar-refractivity contribution in [1.82, 2.24) is 9.97 Å². The molecular formula is C24H10F4N2S4. The zero-order valence-electron chi connectivity index (χ0n) is 16.8. The number of thiophene rings is 2. The minimum Gasteiger partial charge on any atom is -0.222 e. The lowest BCUT2D eigenvalue weighted by molar-refractivity contribution is 0.583. The van der Waals surface area contributed by atoms with E-state index >= 15 is 0 Å². The lowest BCUT2D eigenvalue weighted by Gasteiger charge is -1.98. The van der Waals surface area contributed by atoms with Gasteiger partial charge in [0.1, 0.15) is 33.3 Å². The van der Waals surface area contributed by atoms with Gasteiger partial charge in [0.05, 0.1) is 9.75 Å². The van der Waals surface area contributed by atoms with Gasteiger partial charge in [0, 0.05) is 21.9 Å². The predicted octanol–water partition coefficient (Wildman–Crippen LogP) is 9.10. The van der Waals surface area contributed by atoms with E-state index in [-0.39, 0.29) is 0 Å². The molecule has 0 fully saturated rings. The highest BCUT2D eigenvalue weighted by molar-refractivity contribution is 7.32. The maximum absolute atomic E-state index is 13.6. The van der Waals surface area contributed by atoms with E-state index in [0.29, 0.717) is 11.1 Å². The number of benzene rings is 2. The Labute approximate surface area is 206 Å². The van der Waals surface area contributed by atoms with E-state index in [9.17, 15) is 17.6 Å². The number of fused-ring (bicyclic) bond motifs is 1. The van der Waals surface area contributed by atoms with Crippen LogP contribution < -0.4 is 0 Å². The highest BCUT2D eigenvalue weighted by Gasteiger charge is 2.17. The third kappa shape index (κ3) is 4.07. The van der Waals surface area contributed by atoms with Gasteiger partial charge < -0.3 is 0 Å². The van der Waals surface area contributed by atoms with Crippen LogP contribution in [0.4, 0.5) is 17.6 Å².